The molecular formula is C24H28N2O2. The van der Waals surface area contributed by atoms with Gasteiger partial charge in [0.05, 0.1) is 0 Å². The maximum absolute atomic E-state index is 12.6. The first-order valence-electron chi connectivity index (χ1n) is 10.4. The summed E-state index contributed by atoms with van der Waals surface area (Å²) in [6, 6.07) is 17.1. The molecule has 2 aromatic carbocycles. The molecule has 2 atom stereocenters. The molecule has 0 aliphatic carbocycles. The third-order valence-electron chi connectivity index (χ3n) is 6.14. The predicted octanol–water partition coefficient (Wildman–Crippen LogP) is 4.51. The van der Waals surface area contributed by atoms with Crippen LogP contribution in [0.1, 0.15) is 54.4 Å². The number of nitrogens with zero attached hydrogens (tertiary/aromatic N) is 1. The van der Waals surface area contributed by atoms with Gasteiger partial charge in [-0.15, -0.1) is 0 Å². The van der Waals surface area contributed by atoms with Crippen LogP contribution in [0.5, 0.6) is 0 Å². The summed E-state index contributed by atoms with van der Waals surface area (Å²) in [5.74, 6) is 0.547. The normalized spacial score (nSPS) is 22.3. The Kier molecular flexibility index (Phi) is 5.87. The van der Waals surface area contributed by atoms with Gasteiger partial charge in [-0.2, -0.15) is 0 Å². The van der Waals surface area contributed by atoms with Gasteiger partial charge in [0.1, 0.15) is 0 Å². The molecule has 146 valence electrons. The van der Waals surface area contributed by atoms with Crippen molar-refractivity contribution in [2.24, 2.45) is 5.92 Å². The summed E-state index contributed by atoms with van der Waals surface area (Å²) in [5.41, 5.74) is 2.06. The Bertz CT molecular complexity index is 814. The first-order chi connectivity index (χ1) is 13.7. The number of anilines is 1. The highest BCUT2D eigenvalue weighted by molar-refractivity contribution is 6.09. The van der Waals surface area contributed by atoms with Gasteiger partial charge in [0.15, 0.2) is 5.78 Å². The molecule has 2 aliphatic rings. The quantitative estimate of drug-likeness (QED) is 0.781. The van der Waals surface area contributed by atoms with Crippen molar-refractivity contribution in [3.05, 3.63) is 65.7 Å². The lowest BCUT2D eigenvalue weighted by molar-refractivity contribution is -0.118. The standard InChI is InChI=1S/C24H28N2O2/c27-23(17-20-9-6-16-26-15-5-4-10-22(20)26)25-21-13-11-19(12-14-21)24(28)18-7-2-1-3-8-18/h1-3,7-8,11-14,20,22H,4-6,9-10,15-17H2,(H,25,27)/t20-,22+/m0/s1. The van der Waals surface area contributed by atoms with E-state index in [4.69, 9.17) is 0 Å². The molecule has 0 bridgehead atoms. The van der Waals surface area contributed by atoms with Crippen LogP contribution in [0, 0.1) is 5.92 Å². The van der Waals surface area contributed by atoms with E-state index in [2.05, 4.69) is 10.2 Å². The van der Waals surface area contributed by atoms with Gasteiger partial charge in [0.25, 0.3) is 0 Å². The molecule has 0 radical (unpaired) electrons. The highest BCUT2D eigenvalue weighted by Crippen LogP contribution is 2.33. The number of carbonyl (C=O) groups is 2. The molecule has 2 heterocycles. The molecule has 4 rings (SSSR count). The van der Waals surface area contributed by atoms with E-state index in [1.54, 1.807) is 12.1 Å². The highest BCUT2D eigenvalue weighted by Gasteiger charge is 2.33. The minimum Gasteiger partial charge on any atom is -0.326 e. The molecular weight excluding hydrogens is 348 g/mol. The summed E-state index contributed by atoms with van der Waals surface area (Å²) >= 11 is 0. The van der Waals surface area contributed by atoms with Gasteiger partial charge in [-0.3, -0.25) is 9.59 Å². The van der Waals surface area contributed by atoms with E-state index in [1.165, 1.54) is 38.8 Å². The van der Waals surface area contributed by atoms with E-state index in [0.29, 0.717) is 29.5 Å². The third kappa shape index (κ3) is 4.33. The van der Waals surface area contributed by atoms with Crippen molar-refractivity contribution in [3.8, 4) is 0 Å². The van der Waals surface area contributed by atoms with Crippen LogP contribution in [0.4, 0.5) is 5.69 Å². The number of hydrogen-bond acceptors (Lipinski definition) is 3. The Morgan fingerprint density at radius 3 is 2.36 bits per heavy atom. The number of ketones is 1. The lowest BCUT2D eigenvalue weighted by Gasteiger charge is -2.44. The third-order valence-corrected chi connectivity index (χ3v) is 6.14. The summed E-state index contributed by atoms with van der Waals surface area (Å²) in [6.07, 6.45) is 6.75. The van der Waals surface area contributed by atoms with Crippen molar-refractivity contribution >= 4 is 17.4 Å². The number of carbonyl (C=O) groups excluding carboxylic acids is 2. The van der Waals surface area contributed by atoms with E-state index in [-0.39, 0.29) is 11.7 Å². The topological polar surface area (TPSA) is 49.4 Å². The first kappa shape index (κ1) is 18.9. The average molecular weight is 377 g/mol. The number of fused-ring (bicyclic) bond motifs is 1. The largest absolute Gasteiger partial charge is 0.326 e. The van der Waals surface area contributed by atoms with Crippen LogP contribution in [-0.4, -0.2) is 35.7 Å². The number of hydrogen-bond donors (Lipinski definition) is 1. The van der Waals surface area contributed by atoms with Crippen molar-refractivity contribution < 1.29 is 9.59 Å². The van der Waals surface area contributed by atoms with Crippen molar-refractivity contribution in [2.75, 3.05) is 18.4 Å². The van der Waals surface area contributed by atoms with Gasteiger partial charge in [-0.05, 0) is 69.0 Å². The molecule has 2 aliphatic heterocycles. The lowest BCUT2D eigenvalue weighted by atomic mass is 9.81. The number of rotatable bonds is 5. The monoisotopic (exact) mass is 376 g/mol. The Hall–Kier alpha value is -2.46. The zero-order valence-corrected chi connectivity index (χ0v) is 16.3. The maximum Gasteiger partial charge on any atom is 0.224 e. The number of nitrogens with one attached hydrogen (secondary N) is 1. The van der Waals surface area contributed by atoms with Crippen molar-refractivity contribution in [2.45, 2.75) is 44.6 Å². The number of amides is 1. The van der Waals surface area contributed by atoms with Crippen LogP contribution in [0.15, 0.2) is 54.6 Å². The van der Waals surface area contributed by atoms with Crippen molar-refractivity contribution in [1.82, 2.24) is 4.90 Å². The molecule has 0 unspecified atom stereocenters. The van der Waals surface area contributed by atoms with Crippen LogP contribution >= 0.6 is 0 Å². The summed E-state index contributed by atoms with van der Waals surface area (Å²) in [5, 5.41) is 3.02. The van der Waals surface area contributed by atoms with E-state index < -0.39 is 0 Å². The van der Waals surface area contributed by atoms with Crippen LogP contribution in [-0.2, 0) is 4.79 Å². The highest BCUT2D eigenvalue weighted by atomic mass is 16.1. The van der Waals surface area contributed by atoms with E-state index in [9.17, 15) is 9.59 Å². The molecule has 2 aromatic rings. The minimum absolute atomic E-state index is 0.00179. The predicted molar refractivity (Wildman–Crippen MR) is 111 cm³/mol. The summed E-state index contributed by atoms with van der Waals surface area (Å²) in [6.45, 7) is 2.39. The SMILES string of the molecule is O=C(C[C@@H]1CCCN2CCCC[C@H]12)Nc1ccc(C(=O)c2ccccc2)cc1. The molecule has 4 nitrogen and oxygen atoms in total. The Balaban J connectivity index is 1.35. The molecule has 2 saturated heterocycles. The Morgan fingerprint density at radius 1 is 0.857 bits per heavy atom. The van der Waals surface area contributed by atoms with E-state index in [0.717, 1.165) is 12.1 Å². The fourth-order valence-corrected chi connectivity index (χ4v) is 4.73. The van der Waals surface area contributed by atoms with E-state index >= 15 is 0 Å². The second kappa shape index (κ2) is 8.70. The van der Waals surface area contributed by atoms with Crippen molar-refractivity contribution in [1.29, 1.82) is 0 Å². The van der Waals surface area contributed by atoms with Gasteiger partial charge in [0.2, 0.25) is 5.91 Å². The molecule has 0 aromatic heterocycles. The van der Waals surface area contributed by atoms with Crippen LogP contribution in [0.25, 0.3) is 0 Å². The molecule has 4 heteroatoms. The Labute approximate surface area is 166 Å². The Morgan fingerprint density at radius 2 is 1.57 bits per heavy atom. The summed E-state index contributed by atoms with van der Waals surface area (Å²) in [4.78, 5) is 27.7. The molecule has 1 amide bonds. The zero-order valence-electron chi connectivity index (χ0n) is 16.3. The maximum atomic E-state index is 12.6. The van der Waals surface area contributed by atoms with Gasteiger partial charge in [-0.1, -0.05) is 36.8 Å². The molecule has 28 heavy (non-hydrogen) atoms. The van der Waals surface area contributed by atoms with Gasteiger partial charge >= 0.3 is 0 Å². The number of benzene rings is 2. The van der Waals surface area contributed by atoms with Gasteiger partial charge in [-0.25, -0.2) is 0 Å². The second-order valence-corrected chi connectivity index (χ2v) is 8.03. The summed E-state index contributed by atoms with van der Waals surface area (Å²) in [7, 11) is 0. The second-order valence-electron chi connectivity index (χ2n) is 8.03. The lowest BCUT2D eigenvalue weighted by Crippen LogP contribution is -2.48. The zero-order chi connectivity index (χ0) is 19.3. The summed E-state index contributed by atoms with van der Waals surface area (Å²) < 4.78 is 0. The van der Waals surface area contributed by atoms with Crippen LogP contribution < -0.4 is 5.32 Å². The van der Waals surface area contributed by atoms with Crippen LogP contribution in [0.3, 0.4) is 0 Å². The fourth-order valence-electron chi connectivity index (χ4n) is 4.73. The van der Waals surface area contributed by atoms with Gasteiger partial charge < -0.3 is 10.2 Å². The molecule has 1 N–H and O–H groups in total. The molecule has 0 saturated carbocycles. The average Bonchev–Trinajstić information content (AvgIpc) is 2.75. The number of piperidine rings is 2. The van der Waals surface area contributed by atoms with Crippen LogP contribution in [0.2, 0.25) is 0 Å². The first-order valence-corrected chi connectivity index (χ1v) is 10.4. The molecule has 0 spiro atoms. The van der Waals surface area contributed by atoms with Crippen molar-refractivity contribution in [3.63, 3.8) is 0 Å². The molecule has 2 fully saturated rings. The van der Waals surface area contributed by atoms with Gasteiger partial charge in [0, 0.05) is 29.3 Å². The van der Waals surface area contributed by atoms with E-state index in [1.807, 2.05) is 42.5 Å². The fraction of sp³-hybridized carbons (Fsp3) is 0.417. The smallest absolute Gasteiger partial charge is 0.224 e. The minimum atomic E-state index is -0.00179.